The van der Waals surface area contributed by atoms with E-state index < -0.39 is 23.2 Å². The summed E-state index contributed by atoms with van der Waals surface area (Å²) in [5.41, 5.74) is 4.07. The second-order valence-electron chi connectivity index (χ2n) is 9.03. The van der Waals surface area contributed by atoms with E-state index >= 15 is 0 Å². The van der Waals surface area contributed by atoms with Gasteiger partial charge >= 0.3 is 5.97 Å². The highest BCUT2D eigenvalue weighted by Gasteiger charge is 2.32. The average Bonchev–Trinajstić information content (AvgIpc) is 3.37. The highest BCUT2D eigenvalue weighted by atomic mass is 35.5. The Bertz CT molecular complexity index is 1510. The van der Waals surface area contributed by atoms with E-state index in [4.69, 9.17) is 21.3 Å². The van der Waals surface area contributed by atoms with Crippen molar-refractivity contribution in [3.8, 4) is 0 Å². The first kappa shape index (κ1) is 25.4. The molecule has 3 aromatic carbocycles. The topological polar surface area (TPSA) is 104 Å². The summed E-state index contributed by atoms with van der Waals surface area (Å²) in [6.07, 6.45) is 5.56. The van der Waals surface area contributed by atoms with E-state index in [0.717, 1.165) is 22.2 Å². The van der Waals surface area contributed by atoms with E-state index in [1.807, 2.05) is 72.8 Å². The number of aromatic carboxylic acids is 1. The number of carboxylic acids is 1. The second-order valence-corrected chi connectivity index (χ2v) is 9.53. The van der Waals surface area contributed by atoms with E-state index in [-0.39, 0.29) is 23.8 Å². The monoisotopic (exact) mass is 527 g/mol. The normalized spacial score (nSPS) is 17.7. The molecule has 0 radical (unpaired) electrons. The standard InChI is InChI=1S/C30H26ClN3O4/c1-38-17-26(18-8-3-2-4-9-18)34-29(35)19-14-15-20(22(16-19)30(36)37)27-21(10-7-11-23(27)31)28-32-24-12-5-6-13-25(24)33-28/h2-16,23,26-27H,17H2,1H3,(H,32,33)(H,34,35)(H,36,37)/t23-,26+,27+/m0/s1. The molecule has 3 N–H and O–H groups in total. The maximum absolute atomic E-state index is 13.2. The summed E-state index contributed by atoms with van der Waals surface area (Å²) in [5.74, 6) is -1.41. The Kier molecular flexibility index (Phi) is 7.40. The van der Waals surface area contributed by atoms with E-state index in [2.05, 4.69) is 10.3 Å². The van der Waals surface area contributed by atoms with Crippen molar-refractivity contribution in [3.05, 3.63) is 119 Å². The number of para-hydroxylation sites is 2. The van der Waals surface area contributed by atoms with E-state index in [1.54, 1.807) is 19.2 Å². The Morgan fingerprint density at radius 2 is 1.87 bits per heavy atom. The first-order chi connectivity index (χ1) is 18.5. The number of ether oxygens (including phenoxy) is 1. The van der Waals surface area contributed by atoms with Gasteiger partial charge in [-0.2, -0.15) is 0 Å². The quantitative estimate of drug-likeness (QED) is 0.254. The van der Waals surface area contributed by atoms with E-state index in [0.29, 0.717) is 11.4 Å². The molecule has 0 fully saturated rings. The van der Waals surface area contributed by atoms with Gasteiger partial charge in [0.1, 0.15) is 5.82 Å². The minimum absolute atomic E-state index is 0.00798. The van der Waals surface area contributed by atoms with Gasteiger partial charge in [-0.05, 0) is 35.4 Å². The van der Waals surface area contributed by atoms with Crippen molar-refractivity contribution in [3.63, 3.8) is 0 Å². The highest BCUT2D eigenvalue weighted by Crippen LogP contribution is 2.41. The molecule has 0 bridgehead atoms. The zero-order chi connectivity index (χ0) is 26.6. The Labute approximate surface area is 224 Å². The number of nitrogens with zero attached hydrogens (tertiary/aromatic N) is 1. The van der Waals surface area contributed by atoms with Crippen LogP contribution in [-0.2, 0) is 4.74 Å². The molecule has 5 rings (SSSR count). The molecule has 0 unspecified atom stereocenters. The Morgan fingerprint density at radius 1 is 1.11 bits per heavy atom. The number of nitrogens with one attached hydrogen (secondary N) is 2. The van der Waals surface area contributed by atoms with Crippen LogP contribution in [-0.4, -0.2) is 46.0 Å². The molecule has 1 heterocycles. The summed E-state index contributed by atoms with van der Waals surface area (Å²) < 4.78 is 5.30. The van der Waals surface area contributed by atoms with Crippen LogP contribution in [0.5, 0.6) is 0 Å². The Hall–Kier alpha value is -4.20. The number of aromatic nitrogens is 2. The Morgan fingerprint density at radius 3 is 2.61 bits per heavy atom. The van der Waals surface area contributed by atoms with Crippen LogP contribution >= 0.6 is 11.6 Å². The molecule has 1 aromatic heterocycles. The van der Waals surface area contributed by atoms with Gasteiger partial charge in [0.2, 0.25) is 0 Å². The number of H-pyrrole nitrogens is 1. The number of amides is 1. The lowest BCUT2D eigenvalue weighted by atomic mass is 9.81. The van der Waals surface area contributed by atoms with Crippen LogP contribution in [0.2, 0.25) is 0 Å². The van der Waals surface area contributed by atoms with Gasteiger partial charge < -0.3 is 20.1 Å². The number of methoxy groups -OCH3 is 1. The second kappa shape index (κ2) is 11.0. The van der Waals surface area contributed by atoms with Gasteiger partial charge in [-0.25, -0.2) is 9.78 Å². The van der Waals surface area contributed by atoms with Gasteiger partial charge in [0.15, 0.2) is 0 Å². The van der Waals surface area contributed by atoms with Crippen LogP contribution in [0, 0.1) is 0 Å². The van der Waals surface area contributed by atoms with Gasteiger partial charge in [-0.1, -0.05) is 66.8 Å². The van der Waals surface area contributed by atoms with Crippen LogP contribution in [0.25, 0.3) is 16.6 Å². The summed E-state index contributed by atoms with van der Waals surface area (Å²) in [6, 6.07) is 21.4. The SMILES string of the molecule is COC[C@@H](NC(=O)c1ccc([C@@H]2C(c3nc4ccccc4[nH]3)=CC=C[C@@H]2Cl)c(C(=O)O)c1)c1ccccc1. The number of hydrogen-bond donors (Lipinski definition) is 3. The van der Waals surface area contributed by atoms with Crippen LogP contribution < -0.4 is 5.32 Å². The number of imidazole rings is 1. The third-order valence-corrected chi connectivity index (χ3v) is 7.01. The summed E-state index contributed by atoms with van der Waals surface area (Å²) in [6.45, 7) is 0.271. The first-order valence-corrected chi connectivity index (χ1v) is 12.6. The lowest BCUT2D eigenvalue weighted by molar-refractivity contribution is 0.0695. The molecule has 8 heteroatoms. The summed E-state index contributed by atoms with van der Waals surface area (Å²) in [5, 5.41) is 12.6. The number of carbonyl (C=O) groups is 2. The van der Waals surface area contributed by atoms with Crippen LogP contribution in [0.4, 0.5) is 0 Å². The first-order valence-electron chi connectivity index (χ1n) is 12.2. The van der Waals surface area contributed by atoms with Crippen LogP contribution in [0.3, 0.4) is 0 Å². The molecule has 1 aliphatic rings. The molecular weight excluding hydrogens is 502 g/mol. The van der Waals surface area contributed by atoms with Crippen molar-refractivity contribution in [2.45, 2.75) is 17.3 Å². The fourth-order valence-electron chi connectivity index (χ4n) is 4.78. The molecule has 0 spiro atoms. The fourth-order valence-corrected chi connectivity index (χ4v) is 5.13. The fraction of sp³-hybridized carbons (Fsp3) is 0.167. The van der Waals surface area contributed by atoms with Gasteiger partial charge in [-0.3, -0.25) is 4.79 Å². The molecule has 7 nitrogen and oxygen atoms in total. The van der Waals surface area contributed by atoms with Gasteiger partial charge in [0.25, 0.3) is 5.91 Å². The van der Waals surface area contributed by atoms with Gasteiger partial charge in [-0.15, -0.1) is 11.6 Å². The molecule has 3 atom stereocenters. The molecular formula is C30H26ClN3O4. The summed E-state index contributed by atoms with van der Waals surface area (Å²) >= 11 is 6.76. The lowest BCUT2D eigenvalue weighted by Crippen LogP contribution is -2.31. The molecule has 0 saturated carbocycles. The van der Waals surface area contributed by atoms with Crippen LogP contribution in [0.15, 0.2) is 91.0 Å². The Balaban J connectivity index is 1.49. The molecule has 0 aliphatic heterocycles. The number of halogens is 1. The number of carboxylic acid groups (broad SMARTS) is 1. The zero-order valence-electron chi connectivity index (χ0n) is 20.6. The molecule has 1 amide bonds. The van der Waals surface area contributed by atoms with Crippen molar-refractivity contribution >= 4 is 40.1 Å². The molecule has 38 heavy (non-hydrogen) atoms. The predicted molar refractivity (Wildman–Crippen MR) is 148 cm³/mol. The number of hydrogen-bond acceptors (Lipinski definition) is 4. The number of allylic oxidation sites excluding steroid dienone is 4. The van der Waals surface area contributed by atoms with Gasteiger partial charge in [0.05, 0.1) is 34.6 Å². The molecule has 4 aromatic rings. The van der Waals surface area contributed by atoms with Crippen molar-refractivity contribution in [2.24, 2.45) is 0 Å². The van der Waals surface area contributed by atoms with Crippen LogP contribution in [0.1, 0.15) is 49.6 Å². The third-order valence-electron chi connectivity index (χ3n) is 6.61. The van der Waals surface area contributed by atoms with Crippen molar-refractivity contribution in [1.82, 2.24) is 15.3 Å². The average molecular weight is 528 g/mol. The van der Waals surface area contributed by atoms with E-state index in [9.17, 15) is 14.7 Å². The number of alkyl halides is 1. The zero-order valence-corrected chi connectivity index (χ0v) is 21.4. The predicted octanol–water partition coefficient (Wildman–Crippen LogP) is 5.72. The largest absolute Gasteiger partial charge is 0.478 e. The van der Waals surface area contributed by atoms with Crippen molar-refractivity contribution in [1.29, 1.82) is 0 Å². The number of carbonyl (C=O) groups excluding carboxylic acids is 1. The third kappa shape index (κ3) is 5.11. The molecule has 0 saturated heterocycles. The number of rotatable bonds is 8. The van der Waals surface area contributed by atoms with Crippen molar-refractivity contribution < 1.29 is 19.4 Å². The number of aromatic amines is 1. The highest BCUT2D eigenvalue weighted by molar-refractivity contribution is 6.23. The summed E-state index contributed by atoms with van der Waals surface area (Å²) in [4.78, 5) is 33.6. The van der Waals surface area contributed by atoms with Crippen molar-refractivity contribution in [2.75, 3.05) is 13.7 Å². The lowest BCUT2D eigenvalue weighted by Gasteiger charge is -2.27. The summed E-state index contributed by atoms with van der Waals surface area (Å²) in [7, 11) is 1.56. The minimum atomic E-state index is -1.14. The number of benzene rings is 3. The molecule has 1 aliphatic carbocycles. The van der Waals surface area contributed by atoms with Gasteiger partial charge in [0, 0.05) is 24.2 Å². The van der Waals surface area contributed by atoms with E-state index in [1.165, 1.54) is 6.07 Å². The maximum Gasteiger partial charge on any atom is 0.336 e. The maximum atomic E-state index is 13.2. The smallest absolute Gasteiger partial charge is 0.336 e. The minimum Gasteiger partial charge on any atom is -0.478 e. The molecule has 192 valence electrons. The number of fused-ring (bicyclic) bond motifs is 1.